The summed E-state index contributed by atoms with van der Waals surface area (Å²) in [4.78, 5) is 14.9. The lowest BCUT2D eigenvalue weighted by Crippen LogP contribution is -2.32. The van der Waals surface area contributed by atoms with E-state index in [1.807, 2.05) is 0 Å². The highest BCUT2D eigenvalue weighted by Crippen LogP contribution is 2.12. The van der Waals surface area contributed by atoms with Crippen molar-refractivity contribution < 1.29 is 4.79 Å². The van der Waals surface area contributed by atoms with Gasteiger partial charge in [-0.05, 0) is 26.0 Å². The number of rotatable bonds is 3. The van der Waals surface area contributed by atoms with Crippen molar-refractivity contribution in [3.63, 3.8) is 0 Å². The largest absolute Gasteiger partial charge is 0.397 e. The molecule has 5 heteroatoms. The summed E-state index contributed by atoms with van der Waals surface area (Å²) in [5.41, 5.74) is 12.1. The average Bonchev–Trinajstić information content (AvgIpc) is 2.11. The van der Waals surface area contributed by atoms with E-state index in [9.17, 15) is 4.79 Å². The van der Waals surface area contributed by atoms with Crippen molar-refractivity contribution in [2.45, 2.75) is 19.9 Å². The number of nitrogens with two attached hydrogens (primary N) is 2. The monoisotopic (exact) mass is 194 g/mol. The predicted octanol–water partition coefficient (Wildman–Crippen LogP) is 0.258. The molecular weight excluding hydrogens is 180 g/mol. The molecule has 0 aliphatic rings. The third-order valence-electron chi connectivity index (χ3n) is 1.92. The van der Waals surface area contributed by atoms with E-state index in [0.717, 1.165) is 5.69 Å². The lowest BCUT2D eigenvalue weighted by molar-refractivity contribution is -0.118. The van der Waals surface area contributed by atoms with Gasteiger partial charge in [0.15, 0.2) is 0 Å². The average molecular weight is 194 g/mol. The lowest BCUT2D eigenvalue weighted by atomic mass is 10.3. The fourth-order valence-electron chi connectivity index (χ4n) is 0.945. The van der Waals surface area contributed by atoms with Crippen LogP contribution in [0.3, 0.4) is 0 Å². The van der Waals surface area contributed by atoms with Gasteiger partial charge in [0.05, 0.1) is 11.4 Å². The Morgan fingerprint density at radius 2 is 2.21 bits per heavy atom. The quantitative estimate of drug-likeness (QED) is 0.643. The number of hydrogen-bond acceptors (Lipinski definition) is 4. The number of anilines is 2. The molecule has 76 valence electrons. The number of carbonyl (C=O) groups excluding carboxylic acids is 1. The second kappa shape index (κ2) is 3.95. The topological polar surface area (TPSA) is 94.0 Å². The number of hydrogen-bond donors (Lipinski definition) is 3. The molecule has 1 unspecified atom stereocenters. The van der Waals surface area contributed by atoms with Crippen molar-refractivity contribution in [3.05, 3.63) is 17.8 Å². The Labute approximate surface area is 82.5 Å². The molecule has 1 atom stereocenters. The fraction of sp³-hybridized carbons (Fsp3) is 0.333. The van der Waals surface area contributed by atoms with Crippen LogP contribution in [0.25, 0.3) is 0 Å². The molecule has 0 bridgehead atoms. The Kier molecular flexibility index (Phi) is 2.91. The molecule has 1 rings (SSSR count). The van der Waals surface area contributed by atoms with Crippen LogP contribution in [0.2, 0.25) is 0 Å². The number of primary amides is 1. The summed E-state index contributed by atoms with van der Waals surface area (Å²) >= 11 is 0. The molecule has 1 heterocycles. The third kappa shape index (κ3) is 2.35. The molecule has 0 fully saturated rings. The van der Waals surface area contributed by atoms with Gasteiger partial charge in [0.2, 0.25) is 5.91 Å². The smallest absolute Gasteiger partial charge is 0.239 e. The van der Waals surface area contributed by atoms with E-state index < -0.39 is 11.9 Å². The third-order valence-corrected chi connectivity index (χ3v) is 1.92. The molecule has 1 aromatic heterocycles. The molecule has 0 aromatic carbocycles. The summed E-state index contributed by atoms with van der Waals surface area (Å²) in [6.07, 6.45) is 0. The van der Waals surface area contributed by atoms with Gasteiger partial charge in [0.1, 0.15) is 11.9 Å². The number of aryl methyl sites for hydroxylation is 1. The zero-order valence-corrected chi connectivity index (χ0v) is 8.24. The molecule has 0 saturated carbocycles. The molecule has 5 nitrogen and oxygen atoms in total. The van der Waals surface area contributed by atoms with E-state index in [2.05, 4.69) is 10.3 Å². The summed E-state index contributed by atoms with van der Waals surface area (Å²) in [5, 5.41) is 2.87. The Balaban J connectivity index is 2.78. The van der Waals surface area contributed by atoms with Crippen molar-refractivity contribution in [3.8, 4) is 0 Å². The number of aromatic nitrogens is 1. The minimum Gasteiger partial charge on any atom is -0.397 e. The number of nitrogen functional groups attached to an aromatic ring is 1. The van der Waals surface area contributed by atoms with Gasteiger partial charge in [-0.2, -0.15) is 0 Å². The highest BCUT2D eigenvalue weighted by Gasteiger charge is 2.08. The highest BCUT2D eigenvalue weighted by molar-refractivity contribution is 5.82. The van der Waals surface area contributed by atoms with Crippen molar-refractivity contribution in [1.29, 1.82) is 0 Å². The molecule has 5 N–H and O–H groups in total. The lowest BCUT2D eigenvalue weighted by Gasteiger charge is -2.11. The van der Waals surface area contributed by atoms with Gasteiger partial charge in [0, 0.05) is 0 Å². The number of carbonyl (C=O) groups is 1. The molecule has 0 saturated heterocycles. The molecular formula is C9H14N4O. The molecule has 0 spiro atoms. The van der Waals surface area contributed by atoms with Crippen molar-refractivity contribution in [2.75, 3.05) is 11.1 Å². The minimum atomic E-state index is -0.439. The van der Waals surface area contributed by atoms with Crippen LogP contribution in [-0.4, -0.2) is 16.9 Å². The SMILES string of the molecule is Cc1nc(NC(C)C(N)=O)ccc1N. The van der Waals surface area contributed by atoms with Gasteiger partial charge in [-0.25, -0.2) is 4.98 Å². The van der Waals surface area contributed by atoms with E-state index in [-0.39, 0.29) is 0 Å². The van der Waals surface area contributed by atoms with Crippen molar-refractivity contribution in [1.82, 2.24) is 4.98 Å². The zero-order chi connectivity index (χ0) is 10.7. The zero-order valence-electron chi connectivity index (χ0n) is 8.24. The van der Waals surface area contributed by atoms with E-state index in [1.54, 1.807) is 26.0 Å². The van der Waals surface area contributed by atoms with Crippen LogP contribution in [-0.2, 0) is 4.79 Å². The summed E-state index contributed by atoms with van der Waals surface area (Å²) in [6.45, 7) is 3.48. The van der Waals surface area contributed by atoms with Crippen LogP contribution in [0, 0.1) is 6.92 Å². The second-order valence-electron chi connectivity index (χ2n) is 3.14. The maximum absolute atomic E-state index is 10.8. The van der Waals surface area contributed by atoms with Crippen LogP contribution in [0.1, 0.15) is 12.6 Å². The van der Waals surface area contributed by atoms with Crippen molar-refractivity contribution in [2.24, 2.45) is 5.73 Å². The van der Waals surface area contributed by atoms with Gasteiger partial charge < -0.3 is 16.8 Å². The maximum Gasteiger partial charge on any atom is 0.239 e. The summed E-state index contributed by atoms with van der Waals surface area (Å²) in [5.74, 6) is 0.185. The number of nitrogens with zero attached hydrogens (tertiary/aromatic N) is 1. The van der Waals surface area contributed by atoms with E-state index >= 15 is 0 Å². The molecule has 1 aromatic rings. The first-order valence-corrected chi connectivity index (χ1v) is 4.29. The van der Waals surface area contributed by atoms with Crippen molar-refractivity contribution >= 4 is 17.4 Å². The Bertz CT molecular complexity index is 351. The molecule has 0 aliphatic heterocycles. The van der Waals surface area contributed by atoms with Crippen LogP contribution in [0.4, 0.5) is 11.5 Å². The molecule has 0 aliphatic carbocycles. The normalized spacial score (nSPS) is 12.1. The molecule has 1 amide bonds. The van der Waals surface area contributed by atoms with E-state index in [4.69, 9.17) is 11.5 Å². The number of pyridine rings is 1. The maximum atomic E-state index is 10.8. The predicted molar refractivity (Wildman–Crippen MR) is 55.7 cm³/mol. The van der Waals surface area contributed by atoms with Gasteiger partial charge in [0.25, 0.3) is 0 Å². The fourth-order valence-corrected chi connectivity index (χ4v) is 0.945. The van der Waals surface area contributed by atoms with Gasteiger partial charge in [-0.1, -0.05) is 0 Å². The van der Waals surface area contributed by atoms with Gasteiger partial charge in [-0.15, -0.1) is 0 Å². The van der Waals surface area contributed by atoms with Gasteiger partial charge >= 0.3 is 0 Å². The second-order valence-corrected chi connectivity index (χ2v) is 3.14. The standard InChI is InChI=1S/C9H14N4O/c1-5-7(10)3-4-8(12-5)13-6(2)9(11)14/h3-4,6H,10H2,1-2H3,(H2,11,14)(H,12,13). The Morgan fingerprint density at radius 1 is 1.57 bits per heavy atom. The Morgan fingerprint density at radius 3 is 2.71 bits per heavy atom. The highest BCUT2D eigenvalue weighted by atomic mass is 16.1. The molecule has 0 radical (unpaired) electrons. The number of amides is 1. The summed E-state index contributed by atoms with van der Waals surface area (Å²) in [7, 11) is 0. The van der Waals surface area contributed by atoms with E-state index in [1.165, 1.54) is 0 Å². The first kappa shape index (κ1) is 10.3. The first-order chi connectivity index (χ1) is 6.50. The summed E-state index contributed by atoms with van der Waals surface area (Å²) < 4.78 is 0. The Hall–Kier alpha value is -1.78. The van der Waals surface area contributed by atoms with Crippen LogP contribution in [0.5, 0.6) is 0 Å². The minimum absolute atomic E-state index is 0.415. The molecule has 14 heavy (non-hydrogen) atoms. The van der Waals surface area contributed by atoms with Crippen LogP contribution < -0.4 is 16.8 Å². The van der Waals surface area contributed by atoms with E-state index in [0.29, 0.717) is 11.5 Å². The van der Waals surface area contributed by atoms with Gasteiger partial charge in [-0.3, -0.25) is 4.79 Å². The van der Waals surface area contributed by atoms with Crippen LogP contribution in [0.15, 0.2) is 12.1 Å². The number of nitrogens with one attached hydrogen (secondary N) is 1. The summed E-state index contributed by atoms with van der Waals surface area (Å²) in [6, 6.07) is 3.01. The first-order valence-electron chi connectivity index (χ1n) is 4.29. The van der Waals surface area contributed by atoms with Crippen LogP contribution >= 0.6 is 0 Å².